The molecule has 0 saturated heterocycles. The number of unbranched alkanes of at least 4 members (excludes halogenated alkanes) is 1. The molecule has 3 aromatic rings. The van der Waals surface area contributed by atoms with E-state index in [-0.39, 0.29) is 18.5 Å². The van der Waals surface area contributed by atoms with Gasteiger partial charge in [0.05, 0.1) is 0 Å². The summed E-state index contributed by atoms with van der Waals surface area (Å²) in [7, 11) is 4.15. The van der Waals surface area contributed by atoms with E-state index in [4.69, 9.17) is 4.79 Å². The van der Waals surface area contributed by atoms with Crippen LogP contribution >= 0.6 is 0 Å². The largest absolute Gasteiger partial charge is 0.349 e. The highest BCUT2D eigenvalue weighted by molar-refractivity contribution is 5.94. The average molecular weight is 518 g/mol. The predicted octanol–water partition coefficient (Wildman–Crippen LogP) is 6.51. The third-order valence-electron chi connectivity index (χ3n) is 5.99. The van der Waals surface area contributed by atoms with Crippen LogP contribution < -0.4 is 11.1 Å². The first kappa shape index (κ1) is 32.7. The van der Waals surface area contributed by atoms with Crippen molar-refractivity contribution in [2.75, 3.05) is 20.6 Å². The van der Waals surface area contributed by atoms with Crippen molar-refractivity contribution in [1.29, 1.82) is 0 Å². The van der Waals surface area contributed by atoms with Gasteiger partial charge in [0.1, 0.15) is 6.29 Å². The summed E-state index contributed by atoms with van der Waals surface area (Å²) in [6.45, 7) is 7.53. The Labute approximate surface area is 230 Å². The molecule has 0 bridgehead atoms. The summed E-state index contributed by atoms with van der Waals surface area (Å²) in [6, 6.07) is 27.2. The molecule has 206 valence electrons. The Bertz CT molecular complexity index is 1030. The van der Waals surface area contributed by atoms with Crippen LogP contribution in [0.15, 0.2) is 78.9 Å². The fourth-order valence-electron chi connectivity index (χ4n) is 3.84. The van der Waals surface area contributed by atoms with Crippen LogP contribution in [0, 0.1) is 0 Å². The Hall–Kier alpha value is -3.28. The van der Waals surface area contributed by atoms with Gasteiger partial charge in [0.15, 0.2) is 0 Å². The van der Waals surface area contributed by atoms with Gasteiger partial charge in [0.25, 0.3) is 5.91 Å². The Kier molecular flexibility index (Phi) is 17.0. The van der Waals surface area contributed by atoms with Gasteiger partial charge in [-0.05, 0) is 73.8 Å². The molecular formula is C33H47N3O2. The fraction of sp³-hybridized carbons (Fsp3) is 0.394. The first-order valence-corrected chi connectivity index (χ1v) is 13.7. The highest BCUT2D eigenvalue weighted by Gasteiger charge is 2.12. The van der Waals surface area contributed by atoms with Crippen LogP contribution in [0.5, 0.6) is 0 Å². The van der Waals surface area contributed by atoms with Crippen molar-refractivity contribution in [3.63, 3.8) is 0 Å². The highest BCUT2D eigenvalue weighted by atomic mass is 16.1. The smallest absolute Gasteiger partial charge is 0.251 e. The van der Waals surface area contributed by atoms with Crippen molar-refractivity contribution < 1.29 is 9.59 Å². The third-order valence-corrected chi connectivity index (χ3v) is 5.99. The van der Waals surface area contributed by atoms with Gasteiger partial charge in [-0.2, -0.15) is 0 Å². The number of aryl methyl sites for hydroxylation is 1. The maximum absolute atomic E-state index is 12.5. The maximum atomic E-state index is 12.5. The van der Waals surface area contributed by atoms with Gasteiger partial charge >= 0.3 is 0 Å². The quantitative estimate of drug-likeness (QED) is 0.284. The van der Waals surface area contributed by atoms with Gasteiger partial charge in [-0.15, -0.1) is 0 Å². The highest BCUT2D eigenvalue weighted by Crippen LogP contribution is 2.21. The summed E-state index contributed by atoms with van der Waals surface area (Å²) in [4.78, 5) is 23.7. The van der Waals surface area contributed by atoms with Crippen LogP contribution in [-0.4, -0.2) is 43.8 Å². The van der Waals surface area contributed by atoms with E-state index >= 15 is 0 Å². The van der Waals surface area contributed by atoms with Gasteiger partial charge in [0.2, 0.25) is 0 Å². The van der Waals surface area contributed by atoms with Crippen LogP contribution in [0.3, 0.4) is 0 Å². The molecule has 1 atom stereocenters. The van der Waals surface area contributed by atoms with E-state index in [1.54, 1.807) is 0 Å². The summed E-state index contributed by atoms with van der Waals surface area (Å²) in [6.07, 6.45) is 6.13. The molecule has 0 fully saturated rings. The molecule has 38 heavy (non-hydrogen) atoms. The molecule has 5 heteroatoms. The van der Waals surface area contributed by atoms with Crippen LogP contribution in [0.1, 0.15) is 67.9 Å². The van der Waals surface area contributed by atoms with E-state index in [2.05, 4.69) is 99.3 Å². The molecule has 0 heterocycles. The molecule has 3 aromatic carbocycles. The number of carbonyl (C=O) groups is 2. The van der Waals surface area contributed by atoms with Crippen molar-refractivity contribution in [1.82, 2.24) is 10.2 Å². The molecule has 0 radical (unpaired) electrons. The molecule has 3 rings (SSSR count). The number of hydrogen-bond acceptors (Lipinski definition) is 4. The van der Waals surface area contributed by atoms with Crippen molar-refractivity contribution in [2.45, 2.75) is 65.5 Å². The van der Waals surface area contributed by atoms with E-state index in [1.807, 2.05) is 30.3 Å². The molecular weight excluding hydrogens is 470 g/mol. The van der Waals surface area contributed by atoms with Crippen LogP contribution in [0.25, 0.3) is 11.1 Å². The zero-order valence-corrected chi connectivity index (χ0v) is 24.0. The number of amides is 1. The zero-order chi connectivity index (χ0) is 28.2. The molecule has 1 amide bonds. The summed E-state index contributed by atoms with van der Waals surface area (Å²) >= 11 is 0. The zero-order valence-electron chi connectivity index (χ0n) is 24.0. The SMILES string of the molecule is CCCCC(CC)NC(=O)c1ccc(-c2cccc(CN(C)C)c2)cc1.CCc1ccccc1.NCC=O. The van der Waals surface area contributed by atoms with Gasteiger partial charge in [-0.1, -0.05) is 94.3 Å². The predicted molar refractivity (Wildman–Crippen MR) is 161 cm³/mol. The second kappa shape index (κ2) is 19.8. The van der Waals surface area contributed by atoms with E-state index in [0.29, 0.717) is 6.29 Å². The molecule has 0 spiro atoms. The third kappa shape index (κ3) is 13.3. The van der Waals surface area contributed by atoms with E-state index in [9.17, 15) is 4.79 Å². The summed E-state index contributed by atoms with van der Waals surface area (Å²) < 4.78 is 0. The van der Waals surface area contributed by atoms with E-state index < -0.39 is 0 Å². The number of hydrogen-bond donors (Lipinski definition) is 2. The fourth-order valence-corrected chi connectivity index (χ4v) is 3.84. The molecule has 0 saturated carbocycles. The minimum atomic E-state index is 0.0286. The van der Waals surface area contributed by atoms with E-state index in [0.717, 1.165) is 49.8 Å². The van der Waals surface area contributed by atoms with Crippen molar-refractivity contribution in [3.05, 3.63) is 95.6 Å². The number of benzene rings is 3. The molecule has 0 aliphatic heterocycles. The number of nitrogens with zero attached hydrogens (tertiary/aromatic N) is 1. The van der Waals surface area contributed by atoms with Gasteiger partial charge in [-0.3, -0.25) is 4.79 Å². The minimum absolute atomic E-state index is 0.0286. The van der Waals surface area contributed by atoms with Crippen LogP contribution in [0.2, 0.25) is 0 Å². The lowest BCUT2D eigenvalue weighted by molar-refractivity contribution is -0.106. The monoisotopic (exact) mass is 517 g/mol. The molecule has 1 unspecified atom stereocenters. The second-order valence-corrected chi connectivity index (χ2v) is 9.48. The number of nitrogens with two attached hydrogens (primary N) is 1. The normalized spacial score (nSPS) is 10.9. The summed E-state index contributed by atoms with van der Waals surface area (Å²) in [5.74, 6) is 0.0286. The van der Waals surface area contributed by atoms with Crippen molar-refractivity contribution >= 4 is 12.2 Å². The maximum Gasteiger partial charge on any atom is 0.251 e. The van der Waals surface area contributed by atoms with Crippen molar-refractivity contribution in [3.8, 4) is 11.1 Å². The Morgan fingerprint density at radius 3 is 2.03 bits per heavy atom. The number of nitrogens with one attached hydrogen (secondary N) is 1. The van der Waals surface area contributed by atoms with Crippen LogP contribution in [0.4, 0.5) is 0 Å². The molecule has 0 aromatic heterocycles. The lowest BCUT2D eigenvalue weighted by Crippen LogP contribution is -2.34. The lowest BCUT2D eigenvalue weighted by atomic mass is 10.0. The summed E-state index contributed by atoms with van der Waals surface area (Å²) in [5, 5.41) is 3.16. The molecule has 0 aliphatic rings. The molecule has 0 aliphatic carbocycles. The van der Waals surface area contributed by atoms with Gasteiger partial charge < -0.3 is 20.7 Å². The van der Waals surface area contributed by atoms with E-state index in [1.165, 1.54) is 16.7 Å². The standard InChI is InChI=1S/C23H32N2O.C8H10.C2H5NO/c1-5-7-11-22(6-2)24-23(26)20-14-12-19(13-15-20)21-10-8-9-18(16-21)17-25(3)4;1-2-8-6-4-3-5-7-8;3-1-2-4/h8-10,12-16,22H,5-7,11,17H2,1-4H3,(H,24,26);3-7H,2H2,1H3;2H,1,3H2. The lowest BCUT2D eigenvalue weighted by Gasteiger charge is -2.16. The minimum Gasteiger partial charge on any atom is -0.349 e. The average Bonchev–Trinajstić information content (AvgIpc) is 2.96. The molecule has 3 N–H and O–H groups in total. The Balaban J connectivity index is 0.000000495. The Morgan fingerprint density at radius 1 is 0.895 bits per heavy atom. The second-order valence-electron chi connectivity index (χ2n) is 9.48. The van der Waals surface area contributed by atoms with Crippen molar-refractivity contribution in [2.24, 2.45) is 5.73 Å². The molecule has 5 nitrogen and oxygen atoms in total. The topological polar surface area (TPSA) is 75.4 Å². The summed E-state index contributed by atoms with van der Waals surface area (Å²) in [5.41, 5.74) is 10.4. The number of rotatable bonds is 11. The Morgan fingerprint density at radius 2 is 1.53 bits per heavy atom. The van der Waals surface area contributed by atoms with Crippen LogP contribution in [-0.2, 0) is 17.8 Å². The number of aldehydes is 1. The van der Waals surface area contributed by atoms with Gasteiger partial charge in [-0.25, -0.2) is 0 Å². The first-order chi connectivity index (χ1) is 18.4. The first-order valence-electron chi connectivity index (χ1n) is 13.7. The van der Waals surface area contributed by atoms with Gasteiger partial charge in [0, 0.05) is 24.7 Å². The number of carbonyl (C=O) groups excluding carboxylic acids is 2.